The third-order valence-corrected chi connectivity index (χ3v) is 2.94. The summed E-state index contributed by atoms with van der Waals surface area (Å²) in [7, 11) is 1.74. The van der Waals surface area contributed by atoms with E-state index in [4.69, 9.17) is 4.74 Å². The van der Waals surface area contributed by atoms with Crippen LogP contribution in [0, 0.1) is 6.92 Å². The number of ether oxygens (including phenoxy) is 1. The number of aryl methyl sites for hydroxylation is 2. The van der Waals surface area contributed by atoms with Crippen LogP contribution in [0.1, 0.15) is 30.9 Å². The second kappa shape index (κ2) is 6.16. The Balaban J connectivity index is 2.62. The van der Waals surface area contributed by atoms with Gasteiger partial charge in [-0.2, -0.15) is 0 Å². The minimum Gasteiger partial charge on any atom is -0.496 e. The average molecular weight is 271 g/mol. The highest BCUT2D eigenvalue weighted by molar-refractivity contribution is 9.09. The molecule has 0 amide bonds. The van der Waals surface area contributed by atoms with Crippen molar-refractivity contribution in [2.45, 2.75) is 37.9 Å². The molecular formula is C13H19BrO. The normalized spacial score (nSPS) is 12.5. The second-order valence-corrected chi connectivity index (χ2v) is 5.55. The predicted molar refractivity (Wildman–Crippen MR) is 69.1 cm³/mol. The van der Waals surface area contributed by atoms with Crippen LogP contribution < -0.4 is 4.74 Å². The molecule has 0 saturated heterocycles. The van der Waals surface area contributed by atoms with Gasteiger partial charge in [0.15, 0.2) is 0 Å². The molecule has 1 rings (SSSR count). The largest absolute Gasteiger partial charge is 0.496 e. The maximum atomic E-state index is 5.35. The summed E-state index contributed by atoms with van der Waals surface area (Å²) in [6.45, 7) is 4.31. The standard InChI is InChI=1S/C13H19BrO/c1-10-7-8-13(15-3)12(9-10)6-4-5-11(2)14/h7-9,11H,4-6H2,1-3H3. The van der Waals surface area contributed by atoms with E-state index in [1.54, 1.807) is 7.11 Å². The van der Waals surface area contributed by atoms with Gasteiger partial charge in [-0.1, -0.05) is 40.5 Å². The van der Waals surface area contributed by atoms with E-state index >= 15 is 0 Å². The number of halogens is 1. The van der Waals surface area contributed by atoms with E-state index in [0.29, 0.717) is 4.83 Å². The van der Waals surface area contributed by atoms with Gasteiger partial charge < -0.3 is 4.74 Å². The van der Waals surface area contributed by atoms with E-state index in [2.05, 4.69) is 48.0 Å². The summed E-state index contributed by atoms with van der Waals surface area (Å²) in [4.78, 5) is 0.605. The summed E-state index contributed by atoms with van der Waals surface area (Å²) in [5.74, 6) is 1.02. The maximum absolute atomic E-state index is 5.35. The molecule has 0 aliphatic rings. The Morgan fingerprint density at radius 2 is 2.13 bits per heavy atom. The number of alkyl halides is 1. The van der Waals surface area contributed by atoms with Crippen molar-refractivity contribution in [3.8, 4) is 5.75 Å². The van der Waals surface area contributed by atoms with Crippen molar-refractivity contribution in [3.05, 3.63) is 29.3 Å². The smallest absolute Gasteiger partial charge is 0.122 e. The maximum Gasteiger partial charge on any atom is 0.122 e. The quantitative estimate of drug-likeness (QED) is 0.732. The molecule has 0 aromatic heterocycles. The van der Waals surface area contributed by atoms with Gasteiger partial charge in [-0.05, 0) is 37.8 Å². The van der Waals surface area contributed by atoms with Crippen LogP contribution in [0.25, 0.3) is 0 Å². The van der Waals surface area contributed by atoms with Gasteiger partial charge in [0.1, 0.15) is 5.75 Å². The molecular weight excluding hydrogens is 252 g/mol. The molecule has 0 spiro atoms. The van der Waals surface area contributed by atoms with E-state index in [9.17, 15) is 0 Å². The fraction of sp³-hybridized carbons (Fsp3) is 0.538. The molecule has 1 atom stereocenters. The van der Waals surface area contributed by atoms with Crippen LogP contribution in [-0.4, -0.2) is 11.9 Å². The molecule has 84 valence electrons. The van der Waals surface area contributed by atoms with Gasteiger partial charge >= 0.3 is 0 Å². The number of rotatable bonds is 5. The summed E-state index contributed by atoms with van der Waals surface area (Å²) in [6, 6.07) is 6.37. The number of methoxy groups -OCH3 is 1. The van der Waals surface area contributed by atoms with Crippen LogP contribution in [-0.2, 0) is 6.42 Å². The first-order valence-electron chi connectivity index (χ1n) is 5.41. The van der Waals surface area contributed by atoms with Gasteiger partial charge in [0.2, 0.25) is 0 Å². The van der Waals surface area contributed by atoms with Crippen molar-refractivity contribution >= 4 is 15.9 Å². The van der Waals surface area contributed by atoms with Crippen molar-refractivity contribution in [2.24, 2.45) is 0 Å². The Kier molecular flexibility index (Phi) is 5.16. The van der Waals surface area contributed by atoms with Gasteiger partial charge in [0.25, 0.3) is 0 Å². The summed E-state index contributed by atoms with van der Waals surface area (Å²) in [5.41, 5.74) is 2.63. The van der Waals surface area contributed by atoms with Crippen LogP contribution in [0.2, 0.25) is 0 Å². The minimum absolute atomic E-state index is 0.605. The minimum atomic E-state index is 0.605. The highest BCUT2D eigenvalue weighted by Gasteiger charge is 2.03. The summed E-state index contributed by atoms with van der Waals surface area (Å²) < 4.78 is 5.35. The zero-order valence-corrected chi connectivity index (χ0v) is 11.3. The van der Waals surface area contributed by atoms with Gasteiger partial charge in [-0.3, -0.25) is 0 Å². The Morgan fingerprint density at radius 3 is 2.73 bits per heavy atom. The van der Waals surface area contributed by atoms with Gasteiger partial charge in [0.05, 0.1) is 7.11 Å². The van der Waals surface area contributed by atoms with E-state index in [1.165, 1.54) is 24.0 Å². The molecule has 0 radical (unpaired) electrons. The average Bonchev–Trinajstić information content (AvgIpc) is 2.17. The monoisotopic (exact) mass is 270 g/mol. The molecule has 0 aliphatic carbocycles. The lowest BCUT2D eigenvalue weighted by Crippen LogP contribution is -1.96. The van der Waals surface area contributed by atoms with Crippen molar-refractivity contribution < 1.29 is 4.74 Å². The highest BCUT2D eigenvalue weighted by Crippen LogP contribution is 2.22. The van der Waals surface area contributed by atoms with Crippen LogP contribution >= 0.6 is 15.9 Å². The Bertz CT molecular complexity index is 307. The SMILES string of the molecule is COc1ccc(C)cc1CCCC(C)Br. The molecule has 1 nitrogen and oxygen atoms in total. The molecule has 2 heteroatoms. The van der Waals surface area contributed by atoms with Gasteiger partial charge in [0, 0.05) is 4.83 Å². The first kappa shape index (κ1) is 12.6. The Labute approximate surface area is 101 Å². The lowest BCUT2D eigenvalue weighted by molar-refractivity contribution is 0.409. The van der Waals surface area contributed by atoms with Gasteiger partial charge in [-0.25, -0.2) is 0 Å². The van der Waals surface area contributed by atoms with Gasteiger partial charge in [-0.15, -0.1) is 0 Å². The van der Waals surface area contributed by atoms with E-state index in [0.717, 1.165) is 12.2 Å². The molecule has 0 heterocycles. The van der Waals surface area contributed by atoms with Crippen molar-refractivity contribution in [3.63, 3.8) is 0 Å². The number of hydrogen-bond donors (Lipinski definition) is 0. The number of hydrogen-bond acceptors (Lipinski definition) is 1. The first-order chi connectivity index (χ1) is 7.13. The molecule has 15 heavy (non-hydrogen) atoms. The zero-order chi connectivity index (χ0) is 11.3. The lowest BCUT2D eigenvalue weighted by Gasteiger charge is -2.09. The summed E-state index contributed by atoms with van der Waals surface area (Å²) >= 11 is 3.57. The van der Waals surface area contributed by atoms with E-state index in [-0.39, 0.29) is 0 Å². The second-order valence-electron chi connectivity index (χ2n) is 3.99. The lowest BCUT2D eigenvalue weighted by atomic mass is 10.0. The van der Waals surface area contributed by atoms with Crippen LogP contribution in [0.5, 0.6) is 5.75 Å². The molecule has 0 fully saturated rings. The Hall–Kier alpha value is -0.500. The van der Waals surface area contributed by atoms with Crippen molar-refractivity contribution in [1.82, 2.24) is 0 Å². The first-order valence-corrected chi connectivity index (χ1v) is 6.32. The highest BCUT2D eigenvalue weighted by atomic mass is 79.9. The summed E-state index contributed by atoms with van der Waals surface area (Å²) in [6.07, 6.45) is 3.50. The van der Waals surface area contributed by atoms with Crippen LogP contribution in [0.4, 0.5) is 0 Å². The third-order valence-electron chi connectivity index (χ3n) is 2.48. The number of benzene rings is 1. The molecule has 0 N–H and O–H groups in total. The van der Waals surface area contributed by atoms with Crippen molar-refractivity contribution in [2.75, 3.05) is 7.11 Å². The topological polar surface area (TPSA) is 9.23 Å². The Morgan fingerprint density at radius 1 is 1.40 bits per heavy atom. The molecule has 0 aliphatic heterocycles. The fourth-order valence-corrected chi connectivity index (χ4v) is 2.00. The molecule has 0 saturated carbocycles. The molecule has 0 bridgehead atoms. The summed E-state index contributed by atoms with van der Waals surface area (Å²) in [5, 5.41) is 0. The van der Waals surface area contributed by atoms with Crippen molar-refractivity contribution in [1.29, 1.82) is 0 Å². The zero-order valence-electron chi connectivity index (χ0n) is 9.72. The molecule has 1 unspecified atom stereocenters. The third kappa shape index (κ3) is 4.25. The molecule has 1 aromatic carbocycles. The van der Waals surface area contributed by atoms with Crippen LogP contribution in [0.3, 0.4) is 0 Å². The van der Waals surface area contributed by atoms with E-state index in [1.807, 2.05) is 0 Å². The predicted octanol–water partition coefficient (Wildman–Crippen LogP) is 4.11. The van der Waals surface area contributed by atoms with Crippen LogP contribution in [0.15, 0.2) is 18.2 Å². The van der Waals surface area contributed by atoms with E-state index < -0.39 is 0 Å². The molecule has 1 aromatic rings. The fourth-order valence-electron chi connectivity index (χ4n) is 1.68.